The van der Waals surface area contributed by atoms with Gasteiger partial charge in [0, 0.05) is 33.0 Å². The van der Waals surface area contributed by atoms with Gasteiger partial charge in [-0.3, -0.25) is 5.41 Å². The molecule has 0 saturated heterocycles. The third-order valence-corrected chi connectivity index (χ3v) is 3.19. The Bertz CT molecular complexity index is 997. The predicted molar refractivity (Wildman–Crippen MR) is 113 cm³/mol. The third-order valence-electron chi connectivity index (χ3n) is 2.39. The first-order chi connectivity index (χ1) is 13.5. The summed E-state index contributed by atoms with van der Waals surface area (Å²) in [6, 6.07) is 11.3. The second kappa shape index (κ2) is 13.8. The molecule has 0 radical (unpaired) electrons. The summed E-state index contributed by atoms with van der Waals surface area (Å²) < 4.78 is 0. The number of benzene rings is 2. The average molecular weight is 455 g/mol. The van der Waals surface area contributed by atoms with E-state index in [2.05, 4.69) is 23.3 Å². The van der Waals surface area contributed by atoms with Gasteiger partial charge in [-0.15, -0.1) is 0 Å². The number of rotatable bonds is 0. The Labute approximate surface area is 181 Å². The number of hydrogen-bond donors (Lipinski definition) is 5. The van der Waals surface area contributed by atoms with E-state index in [0.717, 1.165) is 0 Å². The van der Waals surface area contributed by atoms with Crippen molar-refractivity contribution < 1.29 is 19.8 Å². The first kappa shape index (κ1) is 25.6. The summed E-state index contributed by atoms with van der Waals surface area (Å²) in [5.74, 6) is 6.17. The van der Waals surface area contributed by atoms with Crippen LogP contribution in [-0.2, 0) is 9.59 Å². The maximum atomic E-state index is 10.1. The number of carbonyl (C=O) groups is 2. The molecule has 2 aromatic carbocycles. The van der Waals surface area contributed by atoms with E-state index in [1.165, 1.54) is 6.07 Å². The quantitative estimate of drug-likeness (QED) is 0.234. The number of carboxylic acid groups (broad SMARTS) is 2. The summed E-state index contributed by atoms with van der Waals surface area (Å²) in [6.45, 7) is 0. The number of carboxylic acids is 2. The Hall–Kier alpha value is -3.36. The van der Waals surface area contributed by atoms with E-state index in [0.29, 0.717) is 26.2 Å². The van der Waals surface area contributed by atoms with Crippen LogP contribution in [0.3, 0.4) is 0 Å². The Balaban J connectivity index is 0.000000459. The molecule has 0 unspecified atom stereocenters. The second-order valence-electron chi connectivity index (χ2n) is 4.70. The minimum absolute atomic E-state index is 0.333. The van der Waals surface area contributed by atoms with E-state index < -0.39 is 11.9 Å². The molecule has 29 heavy (non-hydrogen) atoms. The van der Waals surface area contributed by atoms with E-state index >= 15 is 0 Å². The Morgan fingerprint density at radius 3 is 1.72 bits per heavy atom. The lowest BCUT2D eigenvalue weighted by atomic mass is 10.2. The Kier molecular flexibility index (Phi) is 12.2. The van der Waals surface area contributed by atoms with Crippen LogP contribution in [0.5, 0.6) is 0 Å². The fourth-order valence-corrected chi connectivity index (χ4v) is 1.95. The molecule has 2 rings (SSSR count). The highest BCUT2D eigenvalue weighted by Crippen LogP contribution is 2.19. The van der Waals surface area contributed by atoms with Crippen molar-refractivity contribution in [3.63, 3.8) is 0 Å². The minimum Gasteiger partial charge on any atom is -0.472 e. The van der Waals surface area contributed by atoms with Crippen LogP contribution in [0.2, 0.25) is 15.1 Å². The number of halogens is 3. The van der Waals surface area contributed by atoms with Gasteiger partial charge in [0.05, 0.1) is 5.02 Å². The van der Waals surface area contributed by atoms with Crippen LogP contribution in [0.15, 0.2) is 42.5 Å². The number of nitrogens with one attached hydrogen (secondary N) is 1. The van der Waals surface area contributed by atoms with Gasteiger partial charge in [-0.1, -0.05) is 46.6 Å². The zero-order valence-corrected chi connectivity index (χ0v) is 16.8. The van der Waals surface area contributed by atoms with E-state index in [4.69, 9.17) is 50.4 Å². The number of hydrogen-bond acceptors (Lipinski definition) is 3. The lowest BCUT2D eigenvalue weighted by Crippen LogP contribution is -2.20. The molecule has 150 valence electrons. The van der Waals surface area contributed by atoms with Crippen LogP contribution >= 0.6 is 34.8 Å². The van der Waals surface area contributed by atoms with E-state index in [-0.39, 0.29) is 5.96 Å². The number of nitrogens with two attached hydrogens (primary N) is 2. The minimum atomic E-state index is -1.19. The van der Waals surface area contributed by atoms with Gasteiger partial charge in [-0.2, -0.15) is 0 Å². The summed E-state index contributed by atoms with van der Waals surface area (Å²) in [5, 5.41) is 24.0. The van der Waals surface area contributed by atoms with Gasteiger partial charge < -0.3 is 21.7 Å². The van der Waals surface area contributed by atoms with Gasteiger partial charge in [0.2, 0.25) is 0 Å². The molecule has 0 amide bonds. The lowest BCUT2D eigenvalue weighted by molar-refractivity contribution is -0.131. The van der Waals surface area contributed by atoms with Crippen LogP contribution in [-0.4, -0.2) is 28.1 Å². The molecule has 0 fully saturated rings. The molecule has 7 N–H and O–H groups in total. The highest BCUT2D eigenvalue weighted by molar-refractivity contribution is 6.35. The maximum Gasteiger partial charge on any atom is 0.382 e. The van der Waals surface area contributed by atoms with Crippen molar-refractivity contribution in [1.82, 2.24) is 0 Å². The standard InChI is InChI=1S/C9H4Cl2O2.C9H5ClO2.CH5N3/c10-7-3-1-6(8(11)5-7)2-4-9(12)13;10-8-4-1-7(2-5-8)3-6-9(11)12;2-1(3)4/h1,3,5H,(H,12,13);1-2,4-5H,(H,11,12);(H5,2,3,4). The Morgan fingerprint density at radius 2 is 1.28 bits per heavy atom. The number of aliphatic carboxylic acids is 2. The van der Waals surface area contributed by atoms with Crippen molar-refractivity contribution in [1.29, 1.82) is 5.41 Å². The maximum absolute atomic E-state index is 10.1. The monoisotopic (exact) mass is 453 g/mol. The van der Waals surface area contributed by atoms with Crippen LogP contribution in [0.25, 0.3) is 0 Å². The molecule has 0 spiro atoms. The second-order valence-corrected chi connectivity index (χ2v) is 5.98. The first-order valence-electron chi connectivity index (χ1n) is 7.31. The highest BCUT2D eigenvalue weighted by atomic mass is 35.5. The molecule has 7 nitrogen and oxygen atoms in total. The molecule has 0 aromatic heterocycles. The molecule has 0 heterocycles. The van der Waals surface area contributed by atoms with Crippen LogP contribution in [0, 0.1) is 29.1 Å². The summed E-state index contributed by atoms with van der Waals surface area (Å²) in [4.78, 5) is 20.1. The van der Waals surface area contributed by atoms with Gasteiger partial charge in [0.15, 0.2) is 5.96 Å². The zero-order chi connectivity index (χ0) is 22.4. The molecular formula is C19H14Cl3N3O4. The van der Waals surface area contributed by atoms with Crippen molar-refractivity contribution in [2.24, 2.45) is 11.5 Å². The third kappa shape index (κ3) is 14.4. The van der Waals surface area contributed by atoms with Gasteiger partial charge in [0.1, 0.15) is 0 Å². The topological polar surface area (TPSA) is 150 Å². The zero-order valence-electron chi connectivity index (χ0n) is 14.5. The van der Waals surface area contributed by atoms with Crippen LogP contribution < -0.4 is 11.5 Å². The van der Waals surface area contributed by atoms with Crippen molar-refractivity contribution in [3.05, 3.63) is 68.7 Å². The molecule has 0 aliphatic carbocycles. The molecule has 0 atom stereocenters. The van der Waals surface area contributed by atoms with E-state index in [1.807, 2.05) is 11.8 Å². The molecule has 0 aliphatic heterocycles. The van der Waals surface area contributed by atoms with Crippen LogP contribution in [0.4, 0.5) is 0 Å². The van der Waals surface area contributed by atoms with Crippen molar-refractivity contribution in [3.8, 4) is 23.7 Å². The SMILES string of the molecule is N=C(N)N.O=C(O)C#Cc1ccc(Cl)cc1.O=C(O)C#Cc1ccc(Cl)cc1Cl. The van der Waals surface area contributed by atoms with Gasteiger partial charge in [-0.25, -0.2) is 9.59 Å². The fourth-order valence-electron chi connectivity index (χ4n) is 1.37. The Morgan fingerprint density at radius 1 is 0.828 bits per heavy atom. The van der Waals surface area contributed by atoms with E-state index in [9.17, 15) is 9.59 Å². The summed E-state index contributed by atoms with van der Waals surface area (Å²) in [6.07, 6.45) is 0. The molecule has 0 bridgehead atoms. The number of guanidine groups is 1. The molecule has 2 aromatic rings. The predicted octanol–water partition coefficient (Wildman–Crippen LogP) is 3.04. The summed E-state index contributed by atoms with van der Waals surface area (Å²) in [5.41, 5.74) is 10.0. The normalized spacial score (nSPS) is 8.24. The highest BCUT2D eigenvalue weighted by Gasteiger charge is 1.97. The molecule has 0 saturated carbocycles. The first-order valence-corrected chi connectivity index (χ1v) is 8.44. The van der Waals surface area contributed by atoms with Gasteiger partial charge in [0.25, 0.3) is 0 Å². The van der Waals surface area contributed by atoms with Crippen molar-refractivity contribution in [2.45, 2.75) is 0 Å². The molecular weight excluding hydrogens is 441 g/mol. The summed E-state index contributed by atoms with van der Waals surface area (Å²) >= 11 is 17.0. The smallest absolute Gasteiger partial charge is 0.382 e. The van der Waals surface area contributed by atoms with Gasteiger partial charge in [-0.05, 0) is 42.5 Å². The largest absolute Gasteiger partial charge is 0.472 e. The molecule has 0 aliphatic rings. The fraction of sp³-hybridized carbons (Fsp3) is 0. The van der Waals surface area contributed by atoms with Crippen molar-refractivity contribution >= 4 is 52.7 Å². The van der Waals surface area contributed by atoms with Crippen molar-refractivity contribution in [2.75, 3.05) is 0 Å². The molecule has 10 heteroatoms. The van der Waals surface area contributed by atoms with Crippen LogP contribution in [0.1, 0.15) is 11.1 Å². The van der Waals surface area contributed by atoms with Gasteiger partial charge >= 0.3 is 11.9 Å². The average Bonchev–Trinajstić information content (AvgIpc) is 2.60. The summed E-state index contributed by atoms with van der Waals surface area (Å²) in [7, 11) is 0. The lowest BCUT2D eigenvalue weighted by Gasteiger charge is -1.94. The van der Waals surface area contributed by atoms with E-state index in [1.54, 1.807) is 36.4 Å².